The maximum absolute atomic E-state index is 13.0. The molecular formula is C9H16FN3. The minimum absolute atomic E-state index is 0.0773. The molecule has 0 aliphatic rings. The zero-order valence-corrected chi connectivity index (χ0v) is 8.13. The molecule has 13 heavy (non-hydrogen) atoms. The summed E-state index contributed by atoms with van der Waals surface area (Å²) in [5.41, 5.74) is 7.07. The number of nitrogens with two attached hydrogens (primary N) is 1. The van der Waals surface area contributed by atoms with Gasteiger partial charge >= 0.3 is 0 Å². The molecule has 0 saturated heterocycles. The van der Waals surface area contributed by atoms with E-state index in [2.05, 4.69) is 5.10 Å². The first-order valence-corrected chi connectivity index (χ1v) is 4.54. The van der Waals surface area contributed by atoms with E-state index < -0.39 is 6.17 Å². The van der Waals surface area contributed by atoms with Crippen molar-refractivity contribution in [1.82, 2.24) is 9.78 Å². The van der Waals surface area contributed by atoms with Crippen LogP contribution in [0.3, 0.4) is 0 Å². The first-order valence-electron chi connectivity index (χ1n) is 4.54. The van der Waals surface area contributed by atoms with Gasteiger partial charge in [0.25, 0.3) is 0 Å². The smallest absolute Gasteiger partial charge is 0.118 e. The Bertz CT molecular complexity index is 270. The molecule has 0 aliphatic heterocycles. The van der Waals surface area contributed by atoms with Gasteiger partial charge in [0.2, 0.25) is 0 Å². The SMILES string of the molecule is CCn1nc(C)cc1CC(F)CN. The summed E-state index contributed by atoms with van der Waals surface area (Å²) in [5, 5.41) is 4.23. The van der Waals surface area contributed by atoms with Crippen molar-refractivity contribution in [2.24, 2.45) is 5.73 Å². The second-order valence-corrected chi connectivity index (χ2v) is 3.13. The lowest BCUT2D eigenvalue weighted by molar-refractivity contribution is 0.333. The highest BCUT2D eigenvalue weighted by atomic mass is 19.1. The standard InChI is InChI=1S/C9H16FN3/c1-3-13-9(4-7(2)12-13)5-8(10)6-11/h4,8H,3,5-6,11H2,1-2H3. The number of alkyl halides is 1. The van der Waals surface area contributed by atoms with Crippen LogP contribution in [0.5, 0.6) is 0 Å². The quantitative estimate of drug-likeness (QED) is 0.762. The lowest BCUT2D eigenvalue weighted by Crippen LogP contribution is -2.19. The Morgan fingerprint density at radius 1 is 1.69 bits per heavy atom. The van der Waals surface area contributed by atoms with Crippen molar-refractivity contribution in [2.75, 3.05) is 6.54 Å². The summed E-state index contributed by atoms with van der Waals surface area (Å²) in [6.45, 7) is 4.76. The Morgan fingerprint density at radius 2 is 2.38 bits per heavy atom. The zero-order chi connectivity index (χ0) is 9.84. The van der Waals surface area contributed by atoms with Crippen LogP contribution in [0.4, 0.5) is 4.39 Å². The largest absolute Gasteiger partial charge is 0.328 e. The summed E-state index contributed by atoms with van der Waals surface area (Å²) in [5.74, 6) is 0. The van der Waals surface area contributed by atoms with Crippen molar-refractivity contribution >= 4 is 0 Å². The van der Waals surface area contributed by atoms with Crippen LogP contribution in [-0.2, 0) is 13.0 Å². The highest BCUT2D eigenvalue weighted by molar-refractivity contribution is 5.10. The number of rotatable bonds is 4. The zero-order valence-electron chi connectivity index (χ0n) is 8.13. The lowest BCUT2D eigenvalue weighted by atomic mass is 10.2. The fourth-order valence-corrected chi connectivity index (χ4v) is 1.35. The van der Waals surface area contributed by atoms with Gasteiger partial charge in [0, 0.05) is 25.2 Å². The van der Waals surface area contributed by atoms with E-state index in [0.29, 0.717) is 6.42 Å². The molecule has 1 unspecified atom stereocenters. The molecule has 0 saturated carbocycles. The Morgan fingerprint density at radius 3 is 2.92 bits per heavy atom. The van der Waals surface area contributed by atoms with Gasteiger partial charge in [-0.3, -0.25) is 4.68 Å². The molecule has 1 heterocycles. The molecule has 4 heteroatoms. The van der Waals surface area contributed by atoms with E-state index in [-0.39, 0.29) is 6.54 Å². The normalized spacial score (nSPS) is 13.2. The van der Waals surface area contributed by atoms with Gasteiger partial charge in [-0.05, 0) is 19.9 Å². The predicted octanol–water partition coefficient (Wildman–Crippen LogP) is 1.05. The third-order valence-corrected chi connectivity index (χ3v) is 1.97. The van der Waals surface area contributed by atoms with Crippen LogP contribution in [-0.4, -0.2) is 22.5 Å². The maximum atomic E-state index is 13.0. The van der Waals surface area contributed by atoms with Gasteiger partial charge in [0.1, 0.15) is 6.17 Å². The Balaban J connectivity index is 2.74. The van der Waals surface area contributed by atoms with Crippen LogP contribution in [0, 0.1) is 6.92 Å². The third-order valence-electron chi connectivity index (χ3n) is 1.97. The highest BCUT2D eigenvalue weighted by Gasteiger charge is 2.10. The van der Waals surface area contributed by atoms with Gasteiger partial charge in [-0.1, -0.05) is 0 Å². The van der Waals surface area contributed by atoms with Crippen molar-refractivity contribution in [3.8, 4) is 0 Å². The molecule has 2 N–H and O–H groups in total. The molecule has 3 nitrogen and oxygen atoms in total. The lowest BCUT2D eigenvalue weighted by Gasteiger charge is -2.06. The number of hydrogen-bond donors (Lipinski definition) is 1. The fourth-order valence-electron chi connectivity index (χ4n) is 1.35. The predicted molar refractivity (Wildman–Crippen MR) is 50.3 cm³/mol. The molecule has 0 aliphatic carbocycles. The van der Waals surface area contributed by atoms with Gasteiger partial charge in [-0.25, -0.2) is 4.39 Å². The Labute approximate surface area is 77.7 Å². The third kappa shape index (κ3) is 2.52. The first kappa shape index (κ1) is 10.2. The fraction of sp³-hybridized carbons (Fsp3) is 0.667. The van der Waals surface area contributed by atoms with Crippen LogP contribution >= 0.6 is 0 Å². The second kappa shape index (κ2) is 4.37. The molecule has 0 amide bonds. The van der Waals surface area contributed by atoms with Crippen LogP contribution in [0.15, 0.2) is 6.07 Å². The van der Waals surface area contributed by atoms with E-state index in [1.54, 1.807) is 0 Å². The van der Waals surface area contributed by atoms with Crippen LogP contribution in [0.25, 0.3) is 0 Å². The summed E-state index contributed by atoms with van der Waals surface area (Å²) in [4.78, 5) is 0. The average molecular weight is 185 g/mol. The van der Waals surface area contributed by atoms with Gasteiger partial charge in [0.15, 0.2) is 0 Å². The summed E-state index contributed by atoms with van der Waals surface area (Å²) < 4.78 is 14.8. The number of halogens is 1. The van der Waals surface area contributed by atoms with Crippen molar-refractivity contribution in [1.29, 1.82) is 0 Å². The second-order valence-electron chi connectivity index (χ2n) is 3.13. The van der Waals surface area contributed by atoms with E-state index in [4.69, 9.17) is 5.73 Å². The van der Waals surface area contributed by atoms with Crippen LogP contribution in [0.2, 0.25) is 0 Å². The molecule has 0 fully saturated rings. The average Bonchev–Trinajstić information content (AvgIpc) is 2.46. The molecule has 1 aromatic rings. The first-order chi connectivity index (χ1) is 6.17. The molecule has 1 rings (SSSR count). The highest BCUT2D eigenvalue weighted by Crippen LogP contribution is 2.08. The van der Waals surface area contributed by atoms with Crippen LogP contribution < -0.4 is 5.73 Å². The van der Waals surface area contributed by atoms with Gasteiger partial charge in [-0.2, -0.15) is 5.10 Å². The van der Waals surface area contributed by atoms with Crippen molar-refractivity contribution in [3.63, 3.8) is 0 Å². The number of nitrogens with zero attached hydrogens (tertiary/aromatic N) is 2. The molecule has 0 bridgehead atoms. The van der Waals surface area contributed by atoms with Crippen LogP contribution in [0.1, 0.15) is 18.3 Å². The molecule has 0 radical (unpaired) electrons. The number of aromatic nitrogens is 2. The van der Waals surface area contributed by atoms with Gasteiger partial charge < -0.3 is 5.73 Å². The molecule has 0 spiro atoms. The summed E-state index contributed by atoms with van der Waals surface area (Å²) in [7, 11) is 0. The number of aryl methyl sites for hydroxylation is 2. The van der Waals surface area contributed by atoms with Gasteiger partial charge in [0.05, 0.1) is 5.69 Å². The summed E-state index contributed by atoms with van der Waals surface area (Å²) in [6.07, 6.45) is -0.591. The van der Waals surface area contributed by atoms with Gasteiger partial charge in [-0.15, -0.1) is 0 Å². The molecule has 0 aromatic carbocycles. The Hall–Kier alpha value is -0.900. The topological polar surface area (TPSA) is 43.8 Å². The summed E-state index contributed by atoms with van der Waals surface area (Å²) in [6, 6.07) is 1.91. The van der Waals surface area contributed by atoms with E-state index in [1.807, 2.05) is 24.6 Å². The molecule has 74 valence electrons. The van der Waals surface area contributed by atoms with E-state index in [1.165, 1.54) is 0 Å². The Kier molecular flexibility index (Phi) is 3.42. The molecule has 1 atom stereocenters. The van der Waals surface area contributed by atoms with Crippen molar-refractivity contribution in [3.05, 3.63) is 17.5 Å². The maximum Gasteiger partial charge on any atom is 0.118 e. The molecular weight excluding hydrogens is 169 g/mol. The van der Waals surface area contributed by atoms with Crippen molar-refractivity contribution < 1.29 is 4.39 Å². The monoisotopic (exact) mass is 185 g/mol. The molecule has 1 aromatic heterocycles. The van der Waals surface area contributed by atoms with E-state index >= 15 is 0 Å². The van der Waals surface area contributed by atoms with E-state index in [0.717, 1.165) is 17.9 Å². The summed E-state index contributed by atoms with van der Waals surface area (Å²) >= 11 is 0. The number of hydrogen-bond acceptors (Lipinski definition) is 2. The minimum Gasteiger partial charge on any atom is -0.328 e. The van der Waals surface area contributed by atoms with E-state index in [9.17, 15) is 4.39 Å². The minimum atomic E-state index is -0.957. The van der Waals surface area contributed by atoms with Crippen molar-refractivity contribution in [2.45, 2.75) is 33.0 Å².